The summed E-state index contributed by atoms with van der Waals surface area (Å²) >= 11 is 0. The second kappa shape index (κ2) is 4.54. The van der Waals surface area contributed by atoms with Gasteiger partial charge < -0.3 is 19.8 Å². The number of carbonyl (C=O) groups is 1. The van der Waals surface area contributed by atoms with Crippen LogP contribution < -0.4 is 0 Å². The third-order valence-corrected chi connectivity index (χ3v) is 2.06. The summed E-state index contributed by atoms with van der Waals surface area (Å²) in [7, 11) is 0. The molecule has 1 heterocycles. The Labute approximate surface area is 85.5 Å². The number of carboxylic acid groups (broad SMARTS) is 1. The summed E-state index contributed by atoms with van der Waals surface area (Å²) < 4.78 is 1.54. The van der Waals surface area contributed by atoms with Crippen LogP contribution in [0, 0.1) is 10.1 Å². The molecule has 15 heavy (non-hydrogen) atoms. The number of hydrogen-bond donors (Lipinski definition) is 1. The van der Waals surface area contributed by atoms with E-state index in [0.717, 1.165) is 0 Å². The average Bonchev–Trinajstić information content (AvgIpc) is 2.62. The SMILES string of the molecule is CC(CCC(=O)O)n1cnc([N+](=O)[O-])c1. The molecular weight excluding hydrogens is 202 g/mol. The quantitative estimate of drug-likeness (QED) is 0.585. The number of rotatable bonds is 5. The molecule has 0 saturated carbocycles. The van der Waals surface area contributed by atoms with Crippen LogP contribution in [0.15, 0.2) is 12.5 Å². The lowest BCUT2D eigenvalue weighted by Crippen LogP contribution is -2.05. The Kier molecular flexibility index (Phi) is 3.37. The standard InChI is InChI=1S/C8H11N3O4/c1-6(2-3-8(12)13)10-4-7(9-5-10)11(14)15/h4-6H,2-3H2,1H3,(H,12,13). The zero-order valence-electron chi connectivity index (χ0n) is 8.16. The maximum absolute atomic E-state index is 10.3. The predicted molar refractivity (Wildman–Crippen MR) is 50.5 cm³/mol. The second-order valence-corrected chi connectivity index (χ2v) is 3.22. The Morgan fingerprint density at radius 1 is 1.80 bits per heavy atom. The van der Waals surface area contributed by atoms with E-state index in [0.29, 0.717) is 6.42 Å². The molecule has 0 saturated heterocycles. The van der Waals surface area contributed by atoms with Gasteiger partial charge in [-0.25, -0.2) is 0 Å². The van der Waals surface area contributed by atoms with E-state index in [1.54, 1.807) is 11.5 Å². The van der Waals surface area contributed by atoms with Crippen LogP contribution in [0.2, 0.25) is 0 Å². The van der Waals surface area contributed by atoms with Gasteiger partial charge in [0, 0.05) is 12.5 Å². The number of carboxylic acids is 1. The molecule has 1 atom stereocenters. The van der Waals surface area contributed by atoms with Crippen LogP contribution in [0.5, 0.6) is 0 Å². The molecule has 1 N–H and O–H groups in total. The van der Waals surface area contributed by atoms with Gasteiger partial charge in [-0.2, -0.15) is 0 Å². The largest absolute Gasteiger partial charge is 0.481 e. The summed E-state index contributed by atoms with van der Waals surface area (Å²) in [4.78, 5) is 23.7. The molecule has 0 amide bonds. The van der Waals surface area contributed by atoms with Crippen LogP contribution in [0.3, 0.4) is 0 Å². The molecule has 1 aromatic rings. The first-order valence-electron chi connectivity index (χ1n) is 4.40. The van der Waals surface area contributed by atoms with Gasteiger partial charge in [-0.05, 0) is 23.3 Å². The lowest BCUT2D eigenvalue weighted by Gasteiger charge is -2.08. The number of aliphatic carboxylic acids is 1. The van der Waals surface area contributed by atoms with Crippen LogP contribution in [-0.2, 0) is 4.79 Å². The predicted octanol–water partition coefficient (Wildman–Crippen LogP) is 1.22. The topological polar surface area (TPSA) is 98.3 Å². The summed E-state index contributed by atoms with van der Waals surface area (Å²) in [6.45, 7) is 1.79. The molecule has 0 radical (unpaired) electrons. The van der Waals surface area contributed by atoms with E-state index in [-0.39, 0.29) is 18.3 Å². The molecule has 7 heteroatoms. The van der Waals surface area contributed by atoms with E-state index in [1.807, 2.05) is 0 Å². The van der Waals surface area contributed by atoms with Crippen molar-refractivity contribution >= 4 is 11.8 Å². The average molecular weight is 213 g/mol. The van der Waals surface area contributed by atoms with E-state index in [9.17, 15) is 14.9 Å². The summed E-state index contributed by atoms with van der Waals surface area (Å²) in [5, 5.41) is 18.8. The first-order valence-corrected chi connectivity index (χ1v) is 4.40. The fraction of sp³-hybridized carbons (Fsp3) is 0.500. The van der Waals surface area contributed by atoms with E-state index in [1.165, 1.54) is 12.5 Å². The van der Waals surface area contributed by atoms with Crippen LogP contribution in [0.25, 0.3) is 0 Å². The van der Waals surface area contributed by atoms with Gasteiger partial charge in [0.05, 0.1) is 0 Å². The molecular formula is C8H11N3O4. The molecule has 0 aromatic carbocycles. The van der Waals surface area contributed by atoms with Crippen molar-refractivity contribution in [2.75, 3.05) is 0 Å². The Balaban J connectivity index is 2.61. The highest BCUT2D eigenvalue weighted by molar-refractivity contribution is 5.66. The van der Waals surface area contributed by atoms with Crippen molar-refractivity contribution in [1.29, 1.82) is 0 Å². The fourth-order valence-electron chi connectivity index (χ4n) is 1.14. The van der Waals surface area contributed by atoms with Gasteiger partial charge in [-0.1, -0.05) is 0 Å². The minimum atomic E-state index is -0.878. The fourth-order valence-corrected chi connectivity index (χ4v) is 1.14. The summed E-state index contributed by atoms with van der Waals surface area (Å²) in [5.74, 6) is -1.10. The Morgan fingerprint density at radius 3 is 2.93 bits per heavy atom. The van der Waals surface area contributed by atoms with Gasteiger partial charge in [0.1, 0.15) is 6.20 Å². The molecule has 82 valence electrons. The lowest BCUT2D eigenvalue weighted by molar-refractivity contribution is -0.389. The van der Waals surface area contributed by atoms with Gasteiger partial charge in [0.15, 0.2) is 0 Å². The van der Waals surface area contributed by atoms with E-state index in [2.05, 4.69) is 4.98 Å². The number of hydrogen-bond acceptors (Lipinski definition) is 4. The van der Waals surface area contributed by atoms with Crippen molar-refractivity contribution in [3.63, 3.8) is 0 Å². The van der Waals surface area contributed by atoms with Crippen LogP contribution in [0.4, 0.5) is 5.82 Å². The van der Waals surface area contributed by atoms with E-state index >= 15 is 0 Å². The number of imidazole rings is 1. The van der Waals surface area contributed by atoms with Crippen molar-refractivity contribution < 1.29 is 14.8 Å². The number of nitro groups is 1. The molecule has 0 aliphatic rings. The summed E-state index contributed by atoms with van der Waals surface area (Å²) in [6, 6.07) is -0.109. The first kappa shape index (κ1) is 11.2. The molecule has 7 nitrogen and oxygen atoms in total. The Hall–Kier alpha value is -1.92. The van der Waals surface area contributed by atoms with Gasteiger partial charge >= 0.3 is 11.8 Å². The van der Waals surface area contributed by atoms with E-state index in [4.69, 9.17) is 5.11 Å². The number of nitrogens with zero attached hydrogens (tertiary/aromatic N) is 3. The van der Waals surface area contributed by atoms with Crippen molar-refractivity contribution in [2.45, 2.75) is 25.8 Å². The highest BCUT2D eigenvalue weighted by Gasteiger charge is 2.14. The third kappa shape index (κ3) is 3.04. The maximum atomic E-state index is 10.3. The molecule has 0 aliphatic carbocycles. The van der Waals surface area contributed by atoms with Crippen LogP contribution in [-0.4, -0.2) is 25.6 Å². The molecule has 1 rings (SSSR count). The molecule has 0 spiro atoms. The second-order valence-electron chi connectivity index (χ2n) is 3.22. The van der Waals surface area contributed by atoms with Crippen molar-refractivity contribution in [3.05, 3.63) is 22.6 Å². The Bertz CT molecular complexity index is 374. The molecule has 0 fully saturated rings. The number of aromatic nitrogens is 2. The summed E-state index contributed by atoms with van der Waals surface area (Å²) in [6.07, 6.45) is 3.09. The lowest BCUT2D eigenvalue weighted by atomic mass is 10.2. The molecule has 0 aliphatic heterocycles. The molecule has 0 bridgehead atoms. The van der Waals surface area contributed by atoms with Crippen LogP contribution in [0.1, 0.15) is 25.8 Å². The smallest absolute Gasteiger partial charge is 0.381 e. The monoisotopic (exact) mass is 213 g/mol. The normalized spacial score (nSPS) is 12.3. The first-order chi connectivity index (χ1) is 7.00. The van der Waals surface area contributed by atoms with Crippen molar-refractivity contribution in [1.82, 2.24) is 9.55 Å². The highest BCUT2D eigenvalue weighted by atomic mass is 16.6. The van der Waals surface area contributed by atoms with Gasteiger partial charge in [0.2, 0.25) is 6.33 Å². The zero-order valence-corrected chi connectivity index (χ0v) is 8.16. The Morgan fingerprint density at radius 2 is 2.47 bits per heavy atom. The van der Waals surface area contributed by atoms with Gasteiger partial charge in [-0.3, -0.25) is 4.79 Å². The maximum Gasteiger partial charge on any atom is 0.381 e. The summed E-state index contributed by atoms with van der Waals surface area (Å²) in [5.41, 5.74) is 0. The van der Waals surface area contributed by atoms with Crippen molar-refractivity contribution in [2.24, 2.45) is 0 Å². The molecule has 1 aromatic heterocycles. The minimum Gasteiger partial charge on any atom is -0.481 e. The molecule has 1 unspecified atom stereocenters. The third-order valence-electron chi connectivity index (χ3n) is 2.06. The van der Waals surface area contributed by atoms with Crippen molar-refractivity contribution in [3.8, 4) is 0 Å². The van der Waals surface area contributed by atoms with E-state index < -0.39 is 10.9 Å². The van der Waals surface area contributed by atoms with Crippen LogP contribution >= 0.6 is 0 Å². The minimum absolute atomic E-state index is 0.0349. The van der Waals surface area contributed by atoms with Gasteiger partial charge in [-0.15, -0.1) is 0 Å². The van der Waals surface area contributed by atoms with Gasteiger partial charge in [0.25, 0.3) is 0 Å². The highest BCUT2D eigenvalue weighted by Crippen LogP contribution is 2.16. The zero-order chi connectivity index (χ0) is 11.4.